The number of rotatable bonds is 4. The van der Waals surface area contributed by atoms with Gasteiger partial charge in [-0.15, -0.1) is 62.0 Å². The Morgan fingerprint density at radius 1 is 0.528 bits per heavy atom. The van der Waals surface area contributed by atoms with Gasteiger partial charge in [0.05, 0.1) is 0 Å². The van der Waals surface area contributed by atoms with Gasteiger partial charge in [0.25, 0.3) is 0 Å². The highest BCUT2D eigenvalue weighted by Crippen LogP contribution is 2.16. The molecule has 0 bridgehead atoms. The van der Waals surface area contributed by atoms with Crippen molar-refractivity contribution in [2.45, 2.75) is 90.6 Å². The monoisotopic (exact) mass is 607 g/mol. The summed E-state index contributed by atoms with van der Waals surface area (Å²) in [4.78, 5) is 18.6. The Bertz CT molecular complexity index is 629. The molecule has 4 nitrogen and oxygen atoms in total. The normalized spacial score (nSPS) is 18.5. The molecule has 0 aliphatic carbocycles. The SMILES string of the molecule is CC(=O)N1CCN(Cc2ccc(CN3CCCCCCCCCCCCC3)cc2)CC1.Cl.Cl.Cl.Cl.Cl. The smallest absolute Gasteiger partial charge is 0.219 e. The van der Waals surface area contributed by atoms with Crippen LogP contribution in [-0.2, 0) is 17.9 Å². The van der Waals surface area contributed by atoms with Crippen molar-refractivity contribution in [3.8, 4) is 0 Å². The van der Waals surface area contributed by atoms with E-state index >= 15 is 0 Å². The largest absolute Gasteiger partial charge is 0.340 e. The maximum absolute atomic E-state index is 11.5. The van der Waals surface area contributed by atoms with Crippen LogP contribution < -0.4 is 0 Å². The molecule has 1 amide bonds. The van der Waals surface area contributed by atoms with Crippen LogP contribution in [-0.4, -0.2) is 59.9 Å². The number of carbonyl (C=O) groups excluding carboxylic acids is 1. The zero-order valence-corrected chi connectivity index (χ0v) is 26.1. The average Bonchev–Trinajstić information content (AvgIpc) is 2.78. The molecule has 0 atom stereocenters. The Balaban J connectivity index is -0.00000218. The van der Waals surface area contributed by atoms with Crippen LogP contribution in [0.1, 0.15) is 88.7 Å². The van der Waals surface area contributed by atoms with E-state index in [9.17, 15) is 4.79 Å². The number of benzene rings is 1. The Labute approximate surface area is 251 Å². The Morgan fingerprint density at radius 2 is 0.833 bits per heavy atom. The molecule has 2 aliphatic rings. The number of nitrogens with zero attached hydrogens (tertiary/aromatic N) is 3. The van der Waals surface area contributed by atoms with E-state index < -0.39 is 0 Å². The van der Waals surface area contributed by atoms with Gasteiger partial charge in [0, 0.05) is 46.2 Å². The zero-order chi connectivity index (χ0) is 21.7. The van der Waals surface area contributed by atoms with Gasteiger partial charge in [0.15, 0.2) is 0 Å². The Kier molecular flexibility index (Phi) is 27.2. The van der Waals surface area contributed by atoms with Crippen LogP contribution in [0.15, 0.2) is 24.3 Å². The summed E-state index contributed by atoms with van der Waals surface area (Å²) in [7, 11) is 0. The van der Waals surface area contributed by atoms with Gasteiger partial charge in [0.2, 0.25) is 5.91 Å². The zero-order valence-electron chi connectivity index (χ0n) is 22.0. The van der Waals surface area contributed by atoms with Crippen molar-refractivity contribution in [2.24, 2.45) is 0 Å². The third-order valence-electron chi connectivity index (χ3n) is 7.10. The predicted octanol–water partition coefficient (Wildman–Crippen LogP) is 7.57. The van der Waals surface area contributed by atoms with Crippen molar-refractivity contribution >= 4 is 67.9 Å². The molecular weight excluding hydrogens is 560 g/mol. The fourth-order valence-electron chi connectivity index (χ4n) is 5.02. The fraction of sp³-hybridized carbons (Fsp3) is 0.741. The molecule has 2 saturated heterocycles. The second-order valence-electron chi connectivity index (χ2n) is 9.76. The van der Waals surface area contributed by atoms with Crippen LogP contribution in [0.2, 0.25) is 0 Å². The molecule has 0 spiro atoms. The number of amides is 1. The quantitative estimate of drug-likeness (QED) is 0.352. The molecule has 0 N–H and O–H groups in total. The van der Waals surface area contributed by atoms with Gasteiger partial charge in [-0.2, -0.15) is 0 Å². The molecule has 0 unspecified atom stereocenters. The van der Waals surface area contributed by atoms with Crippen LogP contribution in [0.25, 0.3) is 0 Å². The van der Waals surface area contributed by atoms with Gasteiger partial charge in [-0.1, -0.05) is 82.1 Å². The van der Waals surface area contributed by atoms with Crippen molar-refractivity contribution < 1.29 is 4.79 Å². The van der Waals surface area contributed by atoms with E-state index in [-0.39, 0.29) is 67.9 Å². The summed E-state index contributed by atoms with van der Waals surface area (Å²) in [5, 5.41) is 0. The summed E-state index contributed by atoms with van der Waals surface area (Å²) in [5.41, 5.74) is 2.84. The number of hydrogen-bond acceptors (Lipinski definition) is 3. The standard InChI is InChI=1S/C27H45N3O.5ClH/c1-25(31)30-21-19-29(20-22-30)24-27-15-13-26(14-16-27)23-28-17-11-9-7-5-3-2-4-6-8-10-12-18-28;;;;;/h13-16H,2-12,17-24H2,1H3;5*1H. The average molecular weight is 610 g/mol. The summed E-state index contributed by atoms with van der Waals surface area (Å²) in [6, 6.07) is 9.31. The summed E-state index contributed by atoms with van der Waals surface area (Å²) >= 11 is 0. The van der Waals surface area contributed by atoms with Gasteiger partial charge >= 0.3 is 0 Å². The minimum atomic E-state index is 0. The molecule has 1 aromatic rings. The lowest BCUT2D eigenvalue weighted by Gasteiger charge is -2.34. The van der Waals surface area contributed by atoms with Crippen LogP contribution >= 0.6 is 62.0 Å². The molecule has 2 fully saturated rings. The third-order valence-corrected chi connectivity index (χ3v) is 7.10. The van der Waals surface area contributed by atoms with Gasteiger partial charge in [0.1, 0.15) is 0 Å². The summed E-state index contributed by atoms with van der Waals surface area (Å²) in [6.45, 7) is 9.96. The topological polar surface area (TPSA) is 26.8 Å². The minimum Gasteiger partial charge on any atom is -0.340 e. The van der Waals surface area contributed by atoms with E-state index in [1.165, 1.54) is 94.8 Å². The van der Waals surface area contributed by atoms with Crippen LogP contribution in [0.5, 0.6) is 0 Å². The Hall–Kier alpha value is 0.0600. The first kappa shape index (κ1) is 40.6. The maximum Gasteiger partial charge on any atom is 0.219 e. The van der Waals surface area contributed by atoms with Crippen molar-refractivity contribution in [3.63, 3.8) is 0 Å². The van der Waals surface area contributed by atoms with Gasteiger partial charge in [-0.25, -0.2) is 0 Å². The molecule has 0 aromatic heterocycles. The first-order valence-corrected chi connectivity index (χ1v) is 13.0. The van der Waals surface area contributed by atoms with Crippen LogP contribution in [0.3, 0.4) is 0 Å². The first-order valence-electron chi connectivity index (χ1n) is 13.0. The maximum atomic E-state index is 11.5. The molecular formula is C27H50Cl5N3O. The van der Waals surface area contributed by atoms with E-state index in [1.54, 1.807) is 6.92 Å². The number of halogens is 5. The second-order valence-corrected chi connectivity index (χ2v) is 9.76. The molecule has 2 heterocycles. The van der Waals surface area contributed by atoms with Crippen LogP contribution in [0.4, 0.5) is 0 Å². The molecule has 0 radical (unpaired) electrons. The predicted molar refractivity (Wildman–Crippen MR) is 166 cm³/mol. The second kappa shape index (κ2) is 24.1. The van der Waals surface area contributed by atoms with Crippen molar-refractivity contribution in [2.75, 3.05) is 39.3 Å². The first-order chi connectivity index (χ1) is 15.2. The lowest BCUT2D eigenvalue weighted by molar-refractivity contribution is -0.130. The van der Waals surface area contributed by atoms with Gasteiger partial charge in [-0.05, 0) is 37.1 Å². The molecule has 1 aromatic carbocycles. The van der Waals surface area contributed by atoms with Crippen LogP contribution in [0, 0.1) is 0 Å². The minimum absolute atomic E-state index is 0. The number of hydrogen-bond donors (Lipinski definition) is 0. The summed E-state index contributed by atoms with van der Waals surface area (Å²) in [5.74, 6) is 0.205. The lowest BCUT2D eigenvalue weighted by atomic mass is 10.0. The highest BCUT2D eigenvalue weighted by molar-refractivity contribution is 5.86. The summed E-state index contributed by atoms with van der Waals surface area (Å²) < 4.78 is 0. The highest BCUT2D eigenvalue weighted by Gasteiger charge is 2.18. The third kappa shape index (κ3) is 16.1. The van der Waals surface area contributed by atoms with Gasteiger partial charge < -0.3 is 4.90 Å². The lowest BCUT2D eigenvalue weighted by Crippen LogP contribution is -2.47. The highest BCUT2D eigenvalue weighted by atomic mass is 35.5. The molecule has 9 heteroatoms. The molecule has 214 valence electrons. The Morgan fingerprint density at radius 3 is 1.17 bits per heavy atom. The van der Waals surface area contributed by atoms with E-state index in [2.05, 4.69) is 34.1 Å². The van der Waals surface area contributed by atoms with Gasteiger partial charge in [-0.3, -0.25) is 14.6 Å². The number of piperazine rings is 1. The van der Waals surface area contributed by atoms with Crippen molar-refractivity contribution in [1.29, 1.82) is 0 Å². The fourth-order valence-corrected chi connectivity index (χ4v) is 5.02. The van der Waals surface area contributed by atoms with E-state index in [4.69, 9.17) is 0 Å². The van der Waals surface area contributed by atoms with E-state index in [0.717, 1.165) is 39.3 Å². The molecule has 0 saturated carbocycles. The van der Waals surface area contributed by atoms with Crippen molar-refractivity contribution in [3.05, 3.63) is 35.4 Å². The number of carbonyl (C=O) groups is 1. The molecule has 2 aliphatic heterocycles. The van der Waals surface area contributed by atoms with Crippen molar-refractivity contribution in [1.82, 2.24) is 14.7 Å². The van der Waals surface area contributed by atoms with E-state index in [1.807, 2.05) is 4.90 Å². The van der Waals surface area contributed by atoms with E-state index in [0.29, 0.717) is 0 Å². The summed E-state index contributed by atoms with van der Waals surface area (Å²) in [6.07, 6.45) is 15.6. The molecule has 3 rings (SSSR count). The molecule has 36 heavy (non-hydrogen) atoms.